The van der Waals surface area contributed by atoms with Crippen LogP contribution in [0.2, 0.25) is 0 Å². The van der Waals surface area contributed by atoms with E-state index in [1.165, 1.54) is 0 Å². The molecular formula is C15H33N3S. The predicted molar refractivity (Wildman–Crippen MR) is 90.2 cm³/mol. The maximum Gasteiger partial charge on any atom is 0.0128 e. The quantitative estimate of drug-likeness (QED) is 0.604. The van der Waals surface area contributed by atoms with E-state index < -0.39 is 0 Å². The molecular weight excluding hydrogens is 254 g/mol. The first-order valence-corrected chi connectivity index (χ1v) is 7.76. The molecule has 0 bridgehead atoms. The first-order chi connectivity index (χ1) is 8.66. The molecule has 0 saturated heterocycles. The third-order valence-corrected chi connectivity index (χ3v) is 3.37. The minimum absolute atomic E-state index is 0.180. The fourth-order valence-corrected chi connectivity index (χ4v) is 1.94. The van der Waals surface area contributed by atoms with Gasteiger partial charge in [-0.3, -0.25) is 0 Å². The molecule has 19 heavy (non-hydrogen) atoms. The van der Waals surface area contributed by atoms with Gasteiger partial charge in [-0.05, 0) is 59.9 Å². The Morgan fingerprint density at radius 3 is 2.00 bits per heavy atom. The average molecular weight is 288 g/mol. The van der Waals surface area contributed by atoms with Crippen LogP contribution in [-0.2, 0) is 0 Å². The molecule has 0 aromatic rings. The van der Waals surface area contributed by atoms with Crippen LogP contribution >= 0.6 is 12.2 Å². The van der Waals surface area contributed by atoms with Gasteiger partial charge in [-0.1, -0.05) is 12.2 Å². The van der Waals surface area contributed by atoms with E-state index in [0.29, 0.717) is 0 Å². The topological polar surface area (TPSA) is 27.3 Å². The molecule has 2 N–H and O–H groups in total. The van der Waals surface area contributed by atoms with Gasteiger partial charge in [0.15, 0.2) is 0 Å². The molecule has 0 aromatic heterocycles. The van der Waals surface area contributed by atoms with Crippen molar-refractivity contribution in [2.24, 2.45) is 0 Å². The van der Waals surface area contributed by atoms with E-state index in [1.54, 1.807) is 0 Å². The molecule has 0 spiro atoms. The lowest BCUT2D eigenvalue weighted by Crippen LogP contribution is -2.45. The number of hydrogen-bond acceptors (Lipinski definition) is 4. The summed E-state index contributed by atoms with van der Waals surface area (Å²) in [7, 11) is 2.18. The Bertz CT molecular complexity index is 246. The molecule has 0 unspecified atom stereocenters. The van der Waals surface area contributed by atoms with Crippen LogP contribution in [0.3, 0.4) is 0 Å². The highest BCUT2D eigenvalue weighted by atomic mass is 32.1. The van der Waals surface area contributed by atoms with Crippen LogP contribution in [0, 0.1) is 0 Å². The molecule has 0 aromatic carbocycles. The van der Waals surface area contributed by atoms with Crippen molar-refractivity contribution < 1.29 is 0 Å². The summed E-state index contributed by atoms with van der Waals surface area (Å²) in [5, 5.41) is 8.94. The second kappa shape index (κ2) is 9.01. The number of hydrogen-bond donors (Lipinski definition) is 2. The molecule has 0 aliphatic carbocycles. The molecule has 0 rings (SSSR count). The third-order valence-electron chi connectivity index (χ3n) is 3.13. The third kappa shape index (κ3) is 12.7. The standard InChI is InChI=1S/C15H33N3S/c1-14(2,3)16-9-11-18(6)12-10-17-15(4,5)8-7-13-19/h13,16-17H,7-12H2,1-6H3. The van der Waals surface area contributed by atoms with Gasteiger partial charge < -0.3 is 15.5 Å². The van der Waals surface area contributed by atoms with Crippen molar-refractivity contribution in [3.63, 3.8) is 0 Å². The lowest BCUT2D eigenvalue weighted by molar-refractivity contribution is 0.285. The molecule has 0 fully saturated rings. The number of rotatable bonds is 10. The normalized spacial score (nSPS) is 13.0. The van der Waals surface area contributed by atoms with Crippen LogP contribution in [0.25, 0.3) is 0 Å². The fourth-order valence-electron chi connectivity index (χ4n) is 1.83. The molecule has 0 radical (unpaired) electrons. The predicted octanol–water partition coefficient (Wildman–Crippen LogP) is 2.45. The van der Waals surface area contributed by atoms with Crippen molar-refractivity contribution in [3.05, 3.63) is 0 Å². The van der Waals surface area contributed by atoms with Crippen molar-refractivity contribution in [3.8, 4) is 0 Å². The van der Waals surface area contributed by atoms with Gasteiger partial charge >= 0.3 is 0 Å². The Morgan fingerprint density at radius 2 is 1.53 bits per heavy atom. The van der Waals surface area contributed by atoms with Gasteiger partial charge in [0.25, 0.3) is 0 Å². The summed E-state index contributed by atoms with van der Waals surface area (Å²) < 4.78 is 0. The van der Waals surface area contributed by atoms with Crippen molar-refractivity contribution >= 4 is 17.6 Å². The van der Waals surface area contributed by atoms with Gasteiger partial charge in [0, 0.05) is 37.3 Å². The summed E-state index contributed by atoms with van der Waals surface area (Å²) in [6.45, 7) is 15.3. The zero-order valence-electron chi connectivity index (χ0n) is 13.7. The van der Waals surface area contributed by atoms with Gasteiger partial charge in [-0.2, -0.15) is 0 Å². The smallest absolute Gasteiger partial charge is 0.0128 e. The second-order valence-electron chi connectivity index (χ2n) is 7.00. The van der Waals surface area contributed by atoms with E-state index in [2.05, 4.69) is 57.2 Å². The van der Waals surface area contributed by atoms with Crippen molar-refractivity contribution in [2.45, 2.75) is 58.5 Å². The number of likely N-dealkylation sites (N-methyl/N-ethyl adjacent to an activating group) is 1. The number of nitrogens with zero attached hydrogens (tertiary/aromatic N) is 1. The number of thiocarbonyl (C=S) groups is 1. The molecule has 0 aliphatic heterocycles. The van der Waals surface area contributed by atoms with Crippen molar-refractivity contribution in [1.82, 2.24) is 15.5 Å². The molecule has 0 heterocycles. The summed E-state index contributed by atoms with van der Waals surface area (Å²) in [6.07, 6.45) is 2.10. The van der Waals surface area contributed by atoms with E-state index in [9.17, 15) is 0 Å². The SMILES string of the molecule is CN(CCNC(C)(C)C)CCNC(C)(C)CCC=S. The van der Waals surface area contributed by atoms with Crippen LogP contribution in [0.5, 0.6) is 0 Å². The largest absolute Gasteiger partial charge is 0.311 e. The van der Waals surface area contributed by atoms with Crippen molar-refractivity contribution in [2.75, 3.05) is 33.2 Å². The molecule has 4 heteroatoms. The summed E-state index contributed by atoms with van der Waals surface area (Å²) >= 11 is 4.88. The van der Waals surface area contributed by atoms with E-state index in [0.717, 1.165) is 39.0 Å². The fraction of sp³-hybridized carbons (Fsp3) is 0.933. The zero-order valence-corrected chi connectivity index (χ0v) is 14.5. The van der Waals surface area contributed by atoms with Crippen LogP contribution in [0.1, 0.15) is 47.5 Å². The Labute approximate surface area is 125 Å². The van der Waals surface area contributed by atoms with Crippen molar-refractivity contribution in [1.29, 1.82) is 0 Å². The summed E-state index contributed by atoms with van der Waals surface area (Å²) in [6, 6.07) is 0. The molecule has 0 saturated carbocycles. The molecule has 0 aliphatic rings. The van der Waals surface area contributed by atoms with Crippen LogP contribution in [0.15, 0.2) is 0 Å². The highest BCUT2D eigenvalue weighted by Crippen LogP contribution is 2.09. The minimum Gasteiger partial charge on any atom is -0.311 e. The average Bonchev–Trinajstić information content (AvgIpc) is 2.24. The van der Waals surface area contributed by atoms with Crippen LogP contribution in [0.4, 0.5) is 0 Å². The van der Waals surface area contributed by atoms with Gasteiger partial charge in [0.05, 0.1) is 0 Å². The van der Waals surface area contributed by atoms with Crippen LogP contribution in [-0.4, -0.2) is 54.6 Å². The lowest BCUT2D eigenvalue weighted by Gasteiger charge is -2.28. The van der Waals surface area contributed by atoms with Gasteiger partial charge in [0.1, 0.15) is 0 Å². The van der Waals surface area contributed by atoms with Crippen LogP contribution < -0.4 is 10.6 Å². The van der Waals surface area contributed by atoms with E-state index in [4.69, 9.17) is 12.2 Å². The summed E-state index contributed by atoms with van der Waals surface area (Å²) in [4.78, 5) is 2.36. The van der Waals surface area contributed by atoms with Gasteiger partial charge in [-0.25, -0.2) is 0 Å². The zero-order chi connectivity index (χ0) is 14.9. The molecule has 114 valence electrons. The minimum atomic E-state index is 0.180. The van der Waals surface area contributed by atoms with E-state index >= 15 is 0 Å². The molecule has 0 amide bonds. The first-order valence-electron chi connectivity index (χ1n) is 7.28. The first kappa shape index (κ1) is 19.0. The molecule has 3 nitrogen and oxygen atoms in total. The molecule has 0 atom stereocenters. The second-order valence-corrected chi connectivity index (χ2v) is 7.33. The Balaban J connectivity index is 3.67. The monoisotopic (exact) mass is 287 g/mol. The summed E-state index contributed by atoms with van der Waals surface area (Å²) in [5.74, 6) is 0. The maximum absolute atomic E-state index is 4.88. The Morgan fingerprint density at radius 1 is 1.00 bits per heavy atom. The Hall–Kier alpha value is -0.0300. The van der Waals surface area contributed by atoms with Gasteiger partial charge in [-0.15, -0.1) is 0 Å². The number of nitrogens with one attached hydrogen (secondary N) is 2. The summed E-state index contributed by atoms with van der Waals surface area (Å²) in [5.41, 5.74) is 0.390. The lowest BCUT2D eigenvalue weighted by atomic mass is 9.99. The van der Waals surface area contributed by atoms with Gasteiger partial charge in [0.2, 0.25) is 0 Å². The Kier molecular flexibility index (Phi) is 8.99. The highest BCUT2D eigenvalue weighted by Gasteiger charge is 2.15. The van der Waals surface area contributed by atoms with E-state index in [1.807, 2.05) is 5.37 Å². The maximum atomic E-state index is 4.88. The highest BCUT2D eigenvalue weighted by molar-refractivity contribution is 7.78. The van der Waals surface area contributed by atoms with E-state index in [-0.39, 0.29) is 11.1 Å².